The van der Waals surface area contributed by atoms with Crippen molar-refractivity contribution in [1.82, 2.24) is 4.98 Å². The van der Waals surface area contributed by atoms with Gasteiger partial charge in [-0.25, -0.2) is 0 Å². The van der Waals surface area contributed by atoms with Gasteiger partial charge < -0.3 is 9.84 Å². The van der Waals surface area contributed by atoms with Crippen LogP contribution in [0.15, 0.2) is 18.3 Å². The minimum atomic E-state index is -0.485. The van der Waals surface area contributed by atoms with E-state index in [1.165, 1.54) is 5.56 Å². The Morgan fingerprint density at radius 1 is 1.47 bits per heavy atom. The van der Waals surface area contributed by atoms with E-state index in [0.29, 0.717) is 0 Å². The topological polar surface area (TPSA) is 42.4 Å². The summed E-state index contributed by atoms with van der Waals surface area (Å²) >= 11 is 0. The Balaban J connectivity index is 2.32. The van der Waals surface area contributed by atoms with Crippen LogP contribution < -0.4 is 0 Å². The van der Waals surface area contributed by atoms with Crippen LogP contribution in [0.25, 0.3) is 0 Å². The van der Waals surface area contributed by atoms with Gasteiger partial charge in [-0.05, 0) is 43.7 Å². The third-order valence-corrected chi connectivity index (χ3v) is 4.76. The summed E-state index contributed by atoms with van der Waals surface area (Å²) in [5.41, 5.74) is 1.91. The van der Waals surface area contributed by atoms with E-state index in [1.54, 1.807) is 7.11 Å². The quantitative estimate of drug-likeness (QED) is 0.887. The smallest absolute Gasteiger partial charge is 0.0937 e. The van der Waals surface area contributed by atoms with Crippen LogP contribution in [0, 0.1) is 0 Å². The highest BCUT2D eigenvalue weighted by molar-refractivity contribution is 5.27. The zero-order valence-electron chi connectivity index (χ0n) is 12.2. The van der Waals surface area contributed by atoms with Gasteiger partial charge in [0.05, 0.1) is 11.7 Å². The van der Waals surface area contributed by atoms with Crippen LogP contribution >= 0.6 is 0 Å². The Labute approximate surface area is 116 Å². The number of hydrogen-bond acceptors (Lipinski definition) is 3. The highest BCUT2D eigenvalue weighted by atomic mass is 16.5. The Bertz CT molecular complexity index is 407. The first kappa shape index (κ1) is 14.5. The van der Waals surface area contributed by atoms with Crippen molar-refractivity contribution in [2.45, 2.75) is 63.6 Å². The largest absolute Gasteiger partial charge is 0.389 e. The van der Waals surface area contributed by atoms with Crippen molar-refractivity contribution < 1.29 is 9.84 Å². The number of pyridine rings is 1. The van der Waals surface area contributed by atoms with Crippen LogP contribution in [0.4, 0.5) is 0 Å². The molecule has 1 aliphatic rings. The molecule has 0 saturated carbocycles. The van der Waals surface area contributed by atoms with Crippen LogP contribution in [0.3, 0.4) is 0 Å². The van der Waals surface area contributed by atoms with E-state index in [0.717, 1.165) is 37.8 Å². The number of aliphatic hydroxyl groups excluding tert-OH is 1. The summed E-state index contributed by atoms with van der Waals surface area (Å²) < 4.78 is 5.69. The van der Waals surface area contributed by atoms with Crippen LogP contribution in [0.2, 0.25) is 0 Å². The van der Waals surface area contributed by atoms with Gasteiger partial charge in [0.2, 0.25) is 0 Å². The molecule has 0 aliphatic heterocycles. The van der Waals surface area contributed by atoms with Crippen LogP contribution in [-0.4, -0.2) is 28.9 Å². The molecule has 1 N–H and O–H groups in total. The molecule has 1 heterocycles. The summed E-state index contributed by atoms with van der Waals surface area (Å²) in [6.07, 6.45) is 6.17. The first-order valence-electron chi connectivity index (χ1n) is 7.35. The number of rotatable bonds is 5. The average Bonchev–Trinajstić information content (AvgIpc) is 2.49. The monoisotopic (exact) mass is 263 g/mol. The summed E-state index contributed by atoms with van der Waals surface area (Å²) in [5, 5.41) is 10.9. The van der Waals surface area contributed by atoms with Crippen molar-refractivity contribution in [3.8, 4) is 0 Å². The third-order valence-electron chi connectivity index (χ3n) is 4.76. The fourth-order valence-corrected chi connectivity index (χ4v) is 3.40. The van der Waals surface area contributed by atoms with E-state index in [-0.39, 0.29) is 5.92 Å². The molecule has 0 fully saturated rings. The van der Waals surface area contributed by atoms with Gasteiger partial charge in [-0.15, -0.1) is 0 Å². The lowest BCUT2D eigenvalue weighted by atomic mass is 9.75. The summed E-state index contributed by atoms with van der Waals surface area (Å²) in [4.78, 5) is 4.52. The lowest BCUT2D eigenvalue weighted by Gasteiger charge is -2.40. The zero-order chi connectivity index (χ0) is 13.9. The van der Waals surface area contributed by atoms with E-state index in [9.17, 15) is 5.11 Å². The molecule has 0 spiro atoms. The summed E-state index contributed by atoms with van der Waals surface area (Å²) in [5.74, 6) is 0.102. The molecule has 19 heavy (non-hydrogen) atoms. The Morgan fingerprint density at radius 3 is 2.84 bits per heavy atom. The van der Waals surface area contributed by atoms with Crippen molar-refractivity contribution in [2.75, 3.05) is 7.11 Å². The number of fused-ring (bicyclic) bond motifs is 1. The first-order valence-corrected chi connectivity index (χ1v) is 7.35. The molecule has 0 aromatic carbocycles. The average molecular weight is 263 g/mol. The first-order chi connectivity index (χ1) is 9.18. The minimum absolute atomic E-state index is 0.102. The summed E-state index contributed by atoms with van der Waals surface area (Å²) in [6, 6.07) is 4.12. The van der Waals surface area contributed by atoms with E-state index < -0.39 is 11.7 Å². The molecule has 3 heteroatoms. The normalized spacial score (nSPS) is 20.9. The summed E-state index contributed by atoms with van der Waals surface area (Å²) in [7, 11) is 1.71. The maximum atomic E-state index is 10.9. The number of aliphatic hydroxyl groups is 1. The Kier molecular flexibility index (Phi) is 4.58. The number of nitrogens with zero attached hydrogens (tertiary/aromatic N) is 1. The molecule has 0 radical (unpaired) electrons. The van der Waals surface area contributed by atoms with Gasteiger partial charge in [0.15, 0.2) is 0 Å². The second-order valence-corrected chi connectivity index (χ2v) is 5.47. The molecule has 1 aromatic rings. The fraction of sp³-hybridized carbons (Fsp3) is 0.688. The zero-order valence-corrected chi connectivity index (χ0v) is 12.2. The number of aromatic nitrogens is 1. The molecule has 3 nitrogen and oxygen atoms in total. The van der Waals surface area contributed by atoms with E-state index in [2.05, 4.69) is 24.9 Å². The van der Waals surface area contributed by atoms with Crippen LogP contribution in [-0.2, 0) is 11.2 Å². The predicted molar refractivity (Wildman–Crippen MR) is 76.2 cm³/mol. The maximum absolute atomic E-state index is 10.9. The maximum Gasteiger partial charge on any atom is 0.0937 e. The molecular weight excluding hydrogens is 238 g/mol. The number of aryl methyl sites for hydroxylation is 1. The third kappa shape index (κ3) is 2.54. The molecule has 0 bridgehead atoms. The molecular formula is C16H25NO2. The van der Waals surface area contributed by atoms with E-state index in [4.69, 9.17) is 4.74 Å². The Morgan fingerprint density at radius 2 is 2.21 bits per heavy atom. The fourth-order valence-electron chi connectivity index (χ4n) is 3.40. The van der Waals surface area contributed by atoms with Gasteiger partial charge in [0.1, 0.15) is 0 Å². The predicted octanol–water partition coefficient (Wildman–Crippen LogP) is 3.07. The SMILES string of the molecule is CCC(CC)(OC)C(O)C1CCCc2cccnc21. The molecule has 106 valence electrons. The van der Waals surface area contributed by atoms with Gasteiger partial charge in [0, 0.05) is 24.9 Å². The lowest BCUT2D eigenvalue weighted by molar-refractivity contribution is -0.119. The number of hydrogen-bond donors (Lipinski definition) is 1. The number of ether oxygens (including phenoxy) is 1. The minimum Gasteiger partial charge on any atom is -0.389 e. The molecule has 0 amide bonds. The van der Waals surface area contributed by atoms with Crippen molar-refractivity contribution in [3.63, 3.8) is 0 Å². The molecule has 2 rings (SSSR count). The van der Waals surface area contributed by atoms with Crippen molar-refractivity contribution in [3.05, 3.63) is 29.6 Å². The highest BCUT2D eigenvalue weighted by Gasteiger charge is 2.42. The van der Waals surface area contributed by atoms with Gasteiger partial charge in [0.25, 0.3) is 0 Å². The van der Waals surface area contributed by atoms with E-state index in [1.807, 2.05) is 12.3 Å². The second-order valence-electron chi connectivity index (χ2n) is 5.47. The summed E-state index contributed by atoms with van der Waals surface area (Å²) in [6.45, 7) is 4.16. The molecule has 2 atom stereocenters. The van der Waals surface area contributed by atoms with Gasteiger partial charge in [-0.1, -0.05) is 19.9 Å². The Hall–Kier alpha value is -0.930. The second kappa shape index (κ2) is 6.02. The van der Waals surface area contributed by atoms with Crippen molar-refractivity contribution in [2.24, 2.45) is 0 Å². The van der Waals surface area contributed by atoms with Crippen molar-refractivity contribution in [1.29, 1.82) is 0 Å². The highest BCUT2D eigenvalue weighted by Crippen LogP contribution is 2.39. The molecule has 2 unspecified atom stereocenters. The molecule has 1 aliphatic carbocycles. The molecule has 0 saturated heterocycles. The van der Waals surface area contributed by atoms with Gasteiger partial charge in [-0.3, -0.25) is 4.98 Å². The van der Waals surface area contributed by atoms with Crippen molar-refractivity contribution >= 4 is 0 Å². The standard InChI is InChI=1S/C16H25NO2/c1-4-16(5-2,19-3)15(18)13-10-6-8-12-9-7-11-17-14(12)13/h7,9,11,13,15,18H,4-6,8,10H2,1-3H3. The van der Waals surface area contributed by atoms with Gasteiger partial charge in [-0.2, -0.15) is 0 Å². The molecule has 1 aromatic heterocycles. The van der Waals surface area contributed by atoms with E-state index >= 15 is 0 Å². The van der Waals surface area contributed by atoms with Gasteiger partial charge >= 0.3 is 0 Å². The van der Waals surface area contributed by atoms with Crippen LogP contribution in [0.1, 0.15) is 56.7 Å². The van der Waals surface area contributed by atoms with Crippen LogP contribution in [0.5, 0.6) is 0 Å². The number of methoxy groups -OCH3 is 1. The lowest BCUT2D eigenvalue weighted by Crippen LogP contribution is -2.47.